The van der Waals surface area contributed by atoms with E-state index in [2.05, 4.69) is 5.32 Å². The molecule has 1 rings (SSSR count). The average molecular weight is 227 g/mol. The molecule has 1 aromatic heterocycles. The molecule has 0 atom stereocenters. The zero-order valence-electron chi connectivity index (χ0n) is 9.78. The Hall–Kier alpha value is -1.33. The number of aryl methyl sites for hydroxylation is 1. The summed E-state index contributed by atoms with van der Waals surface area (Å²) in [6, 6.07) is 3.45. The molecule has 16 heavy (non-hydrogen) atoms. The Kier molecular flexibility index (Phi) is 5.01. The van der Waals surface area contributed by atoms with Crippen molar-refractivity contribution in [3.8, 4) is 0 Å². The van der Waals surface area contributed by atoms with Crippen molar-refractivity contribution in [1.29, 1.82) is 0 Å². The van der Waals surface area contributed by atoms with Crippen LogP contribution >= 0.6 is 0 Å². The first-order valence-electron chi connectivity index (χ1n) is 5.13. The topological polar surface area (TPSA) is 60.7 Å². The van der Waals surface area contributed by atoms with E-state index in [1.54, 1.807) is 12.1 Å². The fourth-order valence-electron chi connectivity index (χ4n) is 1.22. The van der Waals surface area contributed by atoms with Gasteiger partial charge in [-0.2, -0.15) is 0 Å². The number of nitrogens with one attached hydrogen (secondary N) is 1. The highest BCUT2D eigenvalue weighted by Crippen LogP contribution is 2.08. The number of amides is 1. The van der Waals surface area contributed by atoms with Gasteiger partial charge in [0.25, 0.3) is 5.91 Å². The van der Waals surface area contributed by atoms with E-state index in [0.29, 0.717) is 5.76 Å². The Morgan fingerprint density at radius 2 is 2.12 bits per heavy atom. The van der Waals surface area contributed by atoms with Gasteiger partial charge in [-0.1, -0.05) is 6.92 Å². The molecule has 5 nitrogen and oxygen atoms in total. The second-order valence-corrected chi connectivity index (χ2v) is 3.23. The third-order valence-electron chi connectivity index (χ3n) is 2.19. The van der Waals surface area contributed by atoms with E-state index in [0.717, 1.165) is 12.2 Å². The maximum Gasteiger partial charge on any atom is 0.287 e. The number of rotatable bonds is 6. The van der Waals surface area contributed by atoms with E-state index < -0.39 is 6.29 Å². The largest absolute Gasteiger partial charge is 0.456 e. The highest BCUT2D eigenvalue weighted by molar-refractivity contribution is 5.91. The Balaban J connectivity index is 2.46. The van der Waals surface area contributed by atoms with Gasteiger partial charge in [-0.25, -0.2) is 0 Å². The Labute approximate surface area is 94.7 Å². The molecule has 90 valence electrons. The molecule has 0 bridgehead atoms. The average Bonchev–Trinajstić information content (AvgIpc) is 2.78. The summed E-state index contributed by atoms with van der Waals surface area (Å²) < 4.78 is 15.2. The van der Waals surface area contributed by atoms with Crippen LogP contribution in [-0.2, 0) is 15.9 Å². The summed E-state index contributed by atoms with van der Waals surface area (Å²) in [5.74, 6) is 0.835. The lowest BCUT2D eigenvalue weighted by atomic mass is 10.3. The molecule has 1 aromatic rings. The molecular formula is C11H17NO4. The van der Waals surface area contributed by atoms with Crippen LogP contribution in [0.15, 0.2) is 16.5 Å². The summed E-state index contributed by atoms with van der Waals surface area (Å²) in [5, 5.41) is 2.66. The van der Waals surface area contributed by atoms with Crippen molar-refractivity contribution in [2.75, 3.05) is 20.8 Å². The highest BCUT2D eigenvalue weighted by atomic mass is 16.7. The second kappa shape index (κ2) is 6.30. The van der Waals surface area contributed by atoms with E-state index in [4.69, 9.17) is 13.9 Å². The fraction of sp³-hybridized carbons (Fsp3) is 0.545. The molecule has 0 aliphatic carbocycles. The van der Waals surface area contributed by atoms with Crippen LogP contribution in [0.1, 0.15) is 23.2 Å². The molecule has 0 spiro atoms. The quantitative estimate of drug-likeness (QED) is 0.741. The molecule has 1 N–H and O–H groups in total. The van der Waals surface area contributed by atoms with Crippen LogP contribution in [0.4, 0.5) is 0 Å². The van der Waals surface area contributed by atoms with Crippen LogP contribution in [0.2, 0.25) is 0 Å². The minimum absolute atomic E-state index is 0.265. The highest BCUT2D eigenvalue weighted by Gasteiger charge is 2.12. The Morgan fingerprint density at radius 3 is 2.62 bits per heavy atom. The zero-order valence-corrected chi connectivity index (χ0v) is 9.78. The van der Waals surface area contributed by atoms with Crippen molar-refractivity contribution >= 4 is 5.91 Å². The smallest absolute Gasteiger partial charge is 0.287 e. The first-order valence-corrected chi connectivity index (χ1v) is 5.13. The predicted octanol–water partition coefficient (Wildman–Crippen LogP) is 1.19. The molecule has 0 unspecified atom stereocenters. The van der Waals surface area contributed by atoms with E-state index >= 15 is 0 Å². The Morgan fingerprint density at radius 1 is 1.44 bits per heavy atom. The summed E-state index contributed by atoms with van der Waals surface area (Å²) in [4.78, 5) is 11.6. The Bertz CT molecular complexity index is 330. The van der Waals surface area contributed by atoms with Crippen LogP contribution in [0.5, 0.6) is 0 Å². The first kappa shape index (κ1) is 12.7. The molecule has 0 aliphatic rings. The summed E-state index contributed by atoms with van der Waals surface area (Å²) in [7, 11) is 3.03. The van der Waals surface area contributed by atoms with E-state index in [1.807, 2.05) is 6.92 Å². The van der Waals surface area contributed by atoms with Gasteiger partial charge in [-0.3, -0.25) is 4.79 Å². The van der Waals surface area contributed by atoms with Crippen LogP contribution in [0, 0.1) is 0 Å². The number of hydrogen-bond donors (Lipinski definition) is 1. The van der Waals surface area contributed by atoms with E-state index in [-0.39, 0.29) is 12.5 Å². The molecule has 0 saturated heterocycles. The summed E-state index contributed by atoms with van der Waals surface area (Å²) >= 11 is 0. The molecule has 0 saturated carbocycles. The van der Waals surface area contributed by atoms with Gasteiger partial charge in [0.15, 0.2) is 12.1 Å². The number of hydrogen-bond acceptors (Lipinski definition) is 4. The third-order valence-corrected chi connectivity index (χ3v) is 2.19. The monoisotopic (exact) mass is 227 g/mol. The minimum Gasteiger partial charge on any atom is -0.456 e. The van der Waals surface area contributed by atoms with Gasteiger partial charge in [0.1, 0.15) is 5.76 Å². The fourth-order valence-corrected chi connectivity index (χ4v) is 1.22. The van der Waals surface area contributed by atoms with Crippen LogP contribution in [-0.4, -0.2) is 33.0 Å². The van der Waals surface area contributed by atoms with Gasteiger partial charge in [-0.15, -0.1) is 0 Å². The number of ether oxygens (including phenoxy) is 2. The third kappa shape index (κ3) is 3.36. The van der Waals surface area contributed by atoms with Crippen molar-refractivity contribution in [2.24, 2.45) is 0 Å². The van der Waals surface area contributed by atoms with Crippen LogP contribution in [0.3, 0.4) is 0 Å². The van der Waals surface area contributed by atoms with Gasteiger partial charge in [0, 0.05) is 20.6 Å². The van der Waals surface area contributed by atoms with Crippen molar-refractivity contribution in [2.45, 2.75) is 19.6 Å². The molecule has 0 aliphatic heterocycles. The lowest BCUT2D eigenvalue weighted by molar-refractivity contribution is -0.0975. The van der Waals surface area contributed by atoms with Gasteiger partial charge in [0.2, 0.25) is 0 Å². The minimum atomic E-state index is -0.440. The number of methoxy groups -OCH3 is 2. The van der Waals surface area contributed by atoms with Gasteiger partial charge in [-0.05, 0) is 12.1 Å². The van der Waals surface area contributed by atoms with Crippen molar-refractivity contribution < 1.29 is 18.7 Å². The van der Waals surface area contributed by atoms with Crippen molar-refractivity contribution in [3.05, 3.63) is 23.7 Å². The van der Waals surface area contributed by atoms with Gasteiger partial charge >= 0.3 is 0 Å². The lowest BCUT2D eigenvalue weighted by Gasteiger charge is -2.13. The predicted molar refractivity (Wildman–Crippen MR) is 58.2 cm³/mol. The van der Waals surface area contributed by atoms with E-state index in [9.17, 15) is 4.79 Å². The molecule has 5 heteroatoms. The summed E-state index contributed by atoms with van der Waals surface area (Å²) in [6.07, 6.45) is 0.330. The molecular weight excluding hydrogens is 210 g/mol. The number of carbonyl (C=O) groups is 1. The molecule has 0 aromatic carbocycles. The van der Waals surface area contributed by atoms with Crippen LogP contribution in [0.25, 0.3) is 0 Å². The van der Waals surface area contributed by atoms with Crippen molar-refractivity contribution in [3.63, 3.8) is 0 Å². The summed E-state index contributed by atoms with van der Waals surface area (Å²) in [6.45, 7) is 2.25. The van der Waals surface area contributed by atoms with Crippen LogP contribution < -0.4 is 5.32 Å². The van der Waals surface area contributed by atoms with Crippen molar-refractivity contribution in [1.82, 2.24) is 5.32 Å². The normalized spacial score (nSPS) is 10.8. The maximum atomic E-state index is 11.6. The second-order valence-electron chi connectivity index (χ2n) is 3.23. The SMILES string of the molecule is CCc1ccc(C(=O)NCC(OC)OC)o1. The molecule has 1 amide bonds. The van der Waals surface area contributed by atoms with E-state index in [1.165, 1.54) is 14.2 Å². The molecule has 0 fully saturated rings. The maximum absolute atomic E-state index is 11.6. The summed E-state index contributed by atoms with van der Waals surface area (Å²) in [5.41, 5.74) is 0. The van der Waals surface area contributed by atoms with Gasteiger partial charge in [0.05, 0.1) is 6.54 Å². The standard InChI is InChI=1S/C11H17NO4/c1-4-8-5-6-9(16-8)11(13)12-7-10(14-2)15-3/h5-6,10H,4,7H2,1-3H3,(H,12,13). The number of furan rings is 1. The lowest BCUT2D eigenvalue weighted by Crippen LogP contribution is -2.33. The van der Waals surface area contributed by atoms with Gasteiger partial charge < -0.3 is 19.2 Å². The molecule has 1 heterocycles. The first-order chi connectivity index (χ1) is 7.71. The zero-order chi connectivity index (χ0) is 12.0. The molecule has 0 radical (unpaired) electrons. The number of carbonyl (C=O) groups excluding carboxylic acids is 1.